The topological polar surface area (TPSA) is 15.3 Å². The second-order valence-corrected chi connectivity index (χ2v) is 9.08. The van der Waals surface area contributed by atoms with Crippen molar-refractivity contribution >= 4 is 40.2 Å². The van der Waals surface area contributed by atoms with Crippen LogP contribution in [0.25, 0.3) is 27.6 Å². The summed E-state index contributed by atoms with van der Waals surface area (Å²) in [6, 6.07) is 11.6. The average Bonchev–Trinajstić information content (AvgIpc) is 3.13. The zero-order valence-corrected chi connectivity index (χ0v) is 19.3. The fourth-order valence-corrected chi connectivity index (χ4v) is 5.14. The lowest BCUT2D eigenvalue weighted by Gasteiger charge is -2.19. The summed E-state index contributed by atoms with van der Waals surface area (Å²) in [6.45, 7) is 11.5. The van der Waals surface area contributed by atoms with Crippen molar-refractivity contribution in [1.29, 1.82) is 0 Å². The second kappa shape index (κ2) is 6.27. The van der Waals surface area contributed by atoms with E-state index in [0.29, 0.717) is 6.98 Å². The minimum atomic E-state index is 0.351. The van der Waals surface area contributed by atoms with Crippen LogP contribution in [0.5, 0.6) is 0 Å². The molecular formula is C25H30BN4+. The van der Waals surface area contributed by atoms with Crippen LogP contribution in [0, 0.1) is 27.7 Å². The third kappa shape index (κ3) is 2.38. The lowest BCUT2D eigenvalue weighted by atomic mass is 9.78. The van der Waals surface area contributed by atoms with Gasteiger partial charge in [-0.25, -0.2) is 4.57 Å². The smallest absolute Gasteiger partial charge is 0.371 e. The molecule has 0 bridgehead atoms. The van der Waals surface area contributed by atoms with Crippen molar-refractivity contribution in [2.24, 2.45) is 7.05 Å². The highest BCUT2D eigenvalue weighted by Crippen LogP contribution is 2.46. The van der Waals surface area contributed by atoms with Gasteiger partial charge in [-0.15, -0.1) is 0 Å². The second-order valence-electron chi connectivity index (χ2n) is 9.08. The summed E-state index contributed by atoms with van der Waals surface area (Å²) in [5.74, 6) is 1.20. The number of fused-ring (bicyclic) bond motifs is 4. The molecule has 0 spiro atoms. The number of pyridine rings is 1. The first-order valence-corrected chi connectivity index (χ1v) is 10.7. The summed E-state index contributed by atoms with van der Waals surface area (Å²) in [5, 5.41) is 2.65. The van der Waals surface area contributed by atoms with Gasteiger partial charge in [0.2, 0.25) is 0 Å². The molecule has 5 rings (SSSR count). The Balaban J connectivity index is 2.00. The van der Waals surface area contributed by atoms with E-state index in [9.17, 15) is 0 Å². The predicted molar refractivity (Wildman–Crippen MR) is 129 cm³/mol. The normalized spacial score (nSPS) is 13.8. The fraction of sp³-hybridized carbons (Fsp3) is 0.320. The molecule has 0 amide bonds. The molecule has 0 unspecified atom stereocenters. The Morgan fingerprint density at radius 1 is 0.867 bits per heavy atom. The van der Waals surface area contributed by atoms with Gasteiger partial charge in [-0.05, 0) is 77.9 Å². The predicted octanol–water partition coefficient (Wildman–Crippen LogP) is 4.85. The molecule has 2 aromatic carbocycles. The van der Waals surface area contributed by atoms with Crippen LogP contribution in [0.1, 0.15) is 22.3 Å². The summed E-state index contributed by atoms with van der Waals surface area (Å²) < 4.78 is 4.72. The molecule has 3 heterocycles. The number of benzene rings is 2. The van der Waals surface area contributed by atoms with Crippen LogP contribution in [-0.4, -0.2) is 25.6 Å². The summed E-state index contributed by atoms with van der Waals surface area (Å²) >= 11 is 0. The quantitative estimate of drug-likeness (QED) is 0.337. The SMILES string of the molecule is CB1N(C)c2cc3c4cc(C)ccc4n(-c4cc(C)c(C)c[n+]4C)c3c(C)c2N1C. The molecule has 2 aromatic heterocycles. The molecule has 1 aliphatic heterocycles. The van der Waals surface area contributed by atoms with Gasteiger partial charge >= 0.3 is 6.98 Å². The molecule has 0 atom stereocenters. The summed E-state index contributed by atoms with van der Waals surface area (Å²) in [7, 11) is 6.56. The Kier molecular flexibility index (Phi) is 3.98. The van der Waals surface area contributed by atoms with Crippen LogP contribution in [0.3, 0.4) is 0 Å². The third-order valence-electron chi connectivity index (χ3n) is 7.20. The van der Waals surface area contributed by atoms with E-state index in [2.05, 4.69) is 111 Å². The van der Waals surface area contributed by atoms with E-state index in [1.807, 2.05) is 0 Å². The highest BCUT2D eigenvalue weighted by molar-refractivity contribution is 6.68. The maximum Gasteiger partial charge on any atom is 0.371 e. The molecule has 1 aliphatic rings. The van der Waals surface area contributed by atoms with E-state index in [1.54, 1.807) is 0 Å². The number of hydrogen-bond acceptors (Lipinski definition) is 2. The highest BCUT2D eigenvalue weighted by Gasteiger charge is 2.36. The van der Waals surface area contributed by atoms with Gasteiger partial charge in [0.05, 0.1) is 18.9 Å². The number of nitrogens with zero attached hydrogens (tertiary/aromatic N) is 4. The first kappa shape index (κ1) is 19.0. The van der Waals surface area contributed by atoms with Crippen LogP contribution in [0.2, 0.25) is 6.82 Å². The van der Waals surface area contributed by atoms with Crippen LogP contribution in [0.15, 0.2) is 36.5 Å². The molecule has 0 fully saturated rings. The van der Waals surface area contributed by atoms with Gasteiger partial charge in [0.1, 0.15) is 11.0 Å². The van der Waals surface area contributed by atoms with Crippen molar-refractivity contribution in [2.75, 3.05) is 23.7 Å². The summed E-state index contributed by atoms with van der Waals surface area (Å²) in [6.07, 6.45) is 2.24. The highest BCUT2D eigenvalue weighted by atomic mass is 15.3. The average molecular weight is 397 g/mol. The Morgan fingerprint density at radius 3 is 2.33 bits per heavy atom. The monoisotopic (exact) mass is 397 g/mol. The summed E-state index contributed by atoms with van der Waals surface area (Å²) in [4.78, 5) is 4.79. The van der Waals surface area contributed by atoms with Crippen molar-refractivity contribution in [3.8, 4) is 5.82 Å². The van der Waals surface area contributed by atoms with Crippen molar-refractivity contribution < 1.29 is 4.57 Å². The first-order chi connectivity index (χ1) is 14.2. The largest absolute Gasteiger partial charge is 0.397 e. The van der Waals surface area contributed by atoms with E-state index >= 15 is 0 Å². The van der Waals surface area contributed by atoms with Gasteiger partial charge in [0.25, 0.3) is 5.82 Å². The maximum atomic E-state index is 2.46. The fourth-order valence-electron chi connectivity index (χ4n) is 5.14. The minimum Gasteiger partial charge on any atom is -0.397 e. The molecule has 30 heavy (non-hydrogen) atoms. The molecule has 0 saturated carbocycles. The van der Waals surface area contributed by atoms with Crippen LogP contribution in [0.4, 0.5) is 11.4 Å². The maximum absolute atomic E-state index is 2.46. The van der Waals surface area contributed by atoms with E-state index in [-0.39, 0.29) is 0 Å². The minimum absolute atomic E-state index is 0.351. The molecule has 0 N–H and O–H groups in total. The number of hydrogen-bond donors (Lipinski definition) is 0. The van der Waals surface area contributed by atoms with Crippen molar-refractivity contribution in [2.45, 2.75) is 34.5 Å². The lowest BCUT2D eigenvalue weighted by molar-refractivity contribution is -0.665. The van der Waals surface area contributed by atoms with Gasteiger partial charge in [0, 0.05) is 28.1 Å². The third-order valence-corrected chi connectivity index (χ3v) is 7.20. The zero-order valence-electron chi connectivity index (χ0n) is 19.3. The molecule has 0 radical (unpaired) electrons. The van der Waals surface area contributed by atoms with Crippen LogP contribution in [-0.2, 0) is 7.05 Å². The standard InChI is InChI=1S/C25H30BN4/c1-15-9-10-21-19(11-15)20-13-22-25(29(8)26(5)28(22)7)18(4)24(20)30(21)23-12-16(2)17(3)14-27(23)6/h9-14H,1-8H3/q+1. The molecule has 0 saturated heterocycles. The molecule has 0 aliphatic carbocycles. The molecule has 5 heteroatoms. The van der Waals surface area contributed by atoms with Crippen LogP contribution < -0.4 is 14.2 Å². The number of aromatic nitrogens is 2. The molecule has 4 aromatic rings. The molecule has 4 nitrogen and oxygen atoms in total. The van der Waals surface area contributed by atoms with Crippen LogP contribution >= 0.6 is 0 Å². The number of aryl methyl sites for hydroxylation is 5. The van der Waals surface area contributed by atoms with E-state index < -0.39 is 0 Å². The van der Waals surface area contributed by atoms with Crippen molar-refractivity contribution in [3.05, 3.63) is 58.8 Å². The summed E-state index contributed by atoms with van der Waals surface area (Å²) in [5.41, 5.74) is 10.5. The first-order valence-electron chi connectivity index (χ1n) is 10.7. The van der Waals surface area contributed by atoms with Gasteiger partial charge in [-0.1, -0.05) is 11.6 Å². The van der Waals surface area contributed by atoms with E-state index in [0.717, 1.165) is 0 Å². The number of rotatable bonds is 1. The van der Waals surface area contributed by atoms with Crippen molar-refractivity contribution in [3.63, 3.8) is 0 Å². The Bertz CT molecular complexity index is 1350. The number of anilines is 2. The Hall–Kier alpha value is -2.95. The zero-order chi connectivity index (χ0) is 21.5. The van der Waals surface area contributed by atoms with E-state index in [4.69, 9.17) is 0 Å². The van der Waals surface area contributed by atoms with Gasteiger partial charge in [-0.2, -0.15) is 4.57 Å². The van der Waals surface area contributed by atoms with Gasteiger partial charge in [0.15, 0.2) is 0 Å². The van der Waals surface area contributed by atoms with Gasteiger partial charge in [-0.3, -0.25) is 0 Å². The van der Waals surface area contributed by atoms with Gasteiger partial charge < -0.3 is 9.62 Å². The Morgan fingerprint density at radius 2 is 1.60 bits per heavy atom. The lowest BCUT2D eigenvalue weighted by Crippen LogP contribution is -2.41. The Labute approximate surface area is 179 Å². The van der Waals surface area contributed by atoms with Crippen molar-refractivity contribution in [1.82, 2.24) is 4.57 Å². The van der Waals surface area contributed by atoms with E-state index in [1.165, 1.54) is 61.3 Å². The molecule has 152 valence electrons. The molecular weight excluding hydrogens is 367 g/mol.